The molecule has 2 atom stereocenters. The first kappa shape index (κ1) is 26.5. The molecule has 2 aromatic carbocycles. The van der Waals surface area contributed by atoms with Gasteiger partial charge in [0.25, 0.3) is 0 Å². The van der Waals surface area contributed by atoms with E-state index in [-0.39, 0.29) is 18.2 Å². The van der Waals surface area contributed by atoms with Crippen LogP contribution in [-0.2, 0) is 4.74 Å². The van der Waals surface area contributed by atoms with Gasteiger partial charge in [-0.05, 0) is 63.6 Å². The highest BCUT2D eigenvalue weighted by Gasteiger charge is 2.21. The Morgan fingerprint density at radius 1 is 1.08 bits per heavy atom. The lowest BCUT2D eigenvalue weighted by molar-refractivity contribution is -0.0686. The maximum Gasteiger partial charge on any atom is 0.319 e. The zero-order valence-corrected chi connectivity index (χ0v) is 22.0. The Kier molecular flexibility index (Phi) is 9.03. The summed E-state index contributed by atoms with van der Waals surface area (Å²) < 4.78 is 23.7. The number of anilines is 1. The average molecular weight is 509 g/mol. The second-order valence-corrected chi connectivity index (χ2v) is 9.16. The number of methoxy groups -OCH3 is 1. The maximum atomic E-state index is 11.7. The Bertz CT molecular complexity index is 1180. The second kappa shape index (κ2) is 12.6. The second-order valence-electron chi connectivity index (χ2n) is 9.16. The molecule has 0 radical (unpaired) electrons. The smallest absolute Gasteiger partial charge is 0.319 e. The van der Waals surface area contributed by atoms with Crippen molar-refractivity contribution >= 4 is 22.6 Å². The molecule has 1 aromatic heterocycles. The fourth-order valence-electron chi connectivity index (χ4n) is 4.50. The molecule has 0 bridgehead atoms. The van der Waals surface area contributed by atoms with Crippen LogP contribution in [0.3, 0.4) is 0 Å². The number of rotatable bonds is 10. The van der Waals surface area contributed by atoms with Crippen LogP contribution in [-0.4, -0.2) is 68.0 Å². The van der Waals surface area contributed by atoms with Crippen LogP contribution in [0.4, 0.5) is 10.5 Å². The number of amides is 2. The third-order valence-corrected chi connectivity index (χ3v) is 6.04. The summed E-state index contributed by atoms with van der Waals surface area (Å²) in [4.78, 5) is 18.6. The minimum atomic E-state index is -0.244. The molecule has 37 heavy (non-hydrogen) atoms. The molecule has 0 aliphatic carbocycles. The highest BCUT2D eigenvalue weighted by atomic mass is 16.5. The van der Waals surface area contributed by atoms with E-state index >= 15 is 0 Å². The van der Waals surface area contributed by atoms with Gasteiger partial charge in [-0.3, -0.25) is 9.88 Å². The van der Waals surface area contributed by atoms with Gasteiger partial charge in [0.05, 0.1) is 31.4 Å². The Hall–Kier alpha value is -3.56. The molecule has 198 valence electrons. The Balaban J connectivity index is 1.40. The van der Waals surface area contributed by atoms with Gasteiger partial charge < -0.3 is 29.6 Å². The van der Waals surface area contributed by atoms with E-state index in [0.29, 0.717) is 41.8 Å². The summed E-state index contributed by atoms with van der Waals surface area (Å²) in [6, 6.07) is 12.5. The fraction of sp³-hybridized carbons (Fsp3) is 0.429. The van der Waals surface area contributed by atoms with E-state index in [1.165, 1.54) is 0 Å². The summed E-state index contributed by atoms with van der Waals surface area (Å²) in [5.74, 6) is 2.57. The van der Waals surface area contributed by atoms with E-state index in [0.717, 1.165) is 37.0 Å². The molecule has 1 aliphatic heterocycles. The zero-order valence-electron chi connectivity index (χ0n) is 22.0. The number of benzene rings is 2. The fourth-order valence-corrected chi connectivity index (χ4v) is 4.50. The van der Waals surface area contributed by atoms with Crippen molar-refractivity contribution in [2.24, 2.45) is 0 Å². The van der Waals surface area contributed by atoms with Crippen molar-refractivity contribution < 1.29 is 23.7 Å². The van der Waals surface area contributed by atoms with Gasteiger partial charge in [-0.15, -0.1) is 0 Å². The molecular weight excluding hydrogens is 472 g/mol. The quantitative estimate of drug-likeness (QED) is 0.370. The van der Waals surface area contributed by atoms with Crippen LogP contribution in [0.1, 0.15) is 27.2 Å². The molecule has 2 unspecified atom stereocenters. The van der Waals surface area contributed by atoms with Crippen molar-refractivity contribution in [1.82, 2.24) is 15.2 Å². The number of nitrogens with zero attached hydrogens (tertiary/aromatic N) is 2. The van der Waals surface area contributed by atoms with Crippen molar-refractivity contribution in [2.45, 2.75) is 39.4 Å². The zero-order chi connectivity index (χ0) is 26.2. The largest absolute Gasteiger partial charge is 0.493 e. The molecule has 3 aromatic rings. The first-order valence-electron chi connectivity index (χ1n) is 12.7. The molecule has 4 rings (SSSR count). The van der Waals surface area contributed by atoms with E-state index in [9.17, 15) is 4.79 Å². The predicted octanol–water partition coefficient (Wildman–Crippen LogP) is 5.06. The van der Waals surface area contributed by atoms with Crippen LogP contribution in [0.25, 0.3) is 10.9 Å². The monoisotopic (exact) mass is 508 g/mol. The summed E-state index contributed by atoms with van der Waals surface area (Å²) in [6.45, 7) is 10.1. The standard InChI is InChI=1S/C28H36N4O5/c1-5-29-28(33)31-21-7-9-22(10-8-21)37-25-11-12-30-24-16-27(26(34-4)15-23(24)25)35-14-6-13-32-17-19(2)36-20(3)18-32/h7-12,15-16,19-20H,5-6,13-14,17-18H2,1-4H3,(H2,29,31,33). The first-order valence-corrected chi connectivity index (χ1v) is 12.7. The van der Waals surface area contributed by atoms with E-state index in [1.807, 2.05) is 25.1 Å². The van der Waals surface area contributed by atoms with Crippen molar-refractivity contribution in [3.63, 3.8) is 0 Å². The molecule has 9 heteroatoms. The normalized spacial score (nSPS) is 17.8. The van der Waals surface area contributed by atoms with Crippen LogP contribution in [0, 0.1) is 0 Å². The number of morpholine rings is 1. The lowest BCUT2D eigenvalue weighted by Gasteiger charge is -2.35. The number of urea groups is 1. The lowest BCUT2D eigenvalue weighted by atomic mass is 10.1. The molecule has 1 saturated heterocycles. The number of hydrogen-bond acceptors (Lipinski definition) is 7. The molecule has 1 aliphatic rings. The highest BCUT2D eigenvalue weighted by Crippen LogP contribution is 2.37. The van der Waals surface area contributed by atoms with Gasteiger partial charge in [0.15, 0.2) is 11.5 Å². The van der Waals surface area contributed by atoms with Crippen LogP contribution in [0.5, 0.6) is 23.0 Å². The van der Waals surface area contributed by atoms with E-state index in [1.54, 1.807) is 37.6 Å². The third kappa shape index (κ3) is 7.24. The minimum Gasteiger partial charge on any atom is -0.493 e. The van der Waals surface area contributed by atoms with Crippen molar-refractivity contribution in [2.75, 3.05) is 45.2 Å². The van der Waals surface area contributed by atoms with Gasteiger partial charge in [-0.2, -0.15) is 0 Å². The highest BCUT2D eigenvalue weighted by molar-refractivity contribution is 5.89. The topological polar surface area (TPSA) is 94.2 Å². The third-order valence-electron chi connectivity index (χ3n) is 6.04. The summed E-state index contributed by atoms with van der Waals surface area (Å²) in [6.07, 6.45) is 3.13. The number of nitrogens with one attached hydrogen (secondary N) is 2. The van der Waals surface area contributed by atoms with Crippen LogP contribution < -0.4 is 24.8 Å². The Labute approximate surface area is 218 Å². The Morgan fingerprint density at radius 3 is 2.54 bits per heavy atom. The predicted molar refractivity (Wildman–Crippen MR) is 144 cm³/mol. The van der Waals surface area contributed by atoms with E-state index < -0.39 is 0 Å². The van der Waals surface area contributed by atoms with Gasteiger partial charge in [-0.1, -0.05) is 0 Å². The SMILES string of the molecule is CCNC(=O)Nc1ccc(Oc2ccnc3cc(OCCCN4CC(C)OC(C)C4)c(OC)cc23)cc1. The Morgan fingerprint density at radius 2 is 1.84 bits per heavy atom. The lowest BCUT2D eigenvalue weighted by Crippen LogP contribution is -2.45. The number of pyridine rings is 1. The molecule has 0 saturated carbocycles. The van der Waals surface area contributed by atoms with Gasteiger partial charge in [-0.25, -0.2) is 4.79 Å². The number of ether oxygens (including phenoxy) is 4. The summed E-state index contributed by atoms with van der Waals surface area (Å²) in [5.41, 5.74) is 1.43. The van der Waals surface area contributed by atoms with Gasteiger partial charge >= 0.3 is 6.03 Å². The number of fused-ring (bicyclic) bond motifs is 1. The molecule has 1 fully saturated rings. The summed E-state index contributed by atoms with van der Waals surface area (Å²) in [7, 11) is 1.63. The van der Waals surface area contributed by atoms with Crippen LogP contribution >= 0.6 is 0 Å². The van der Waals surface area contributed by atoms with Gasteiger partial charge in [0.2, 0.25) is 0 Å². The molecule has 2 amide bonds. The number of aromatic nitrogens is 1. The van der Waals surface area contributed by atoms with E-state index in [4.69, 9.17) is 18.9 Å². The van der Waals surface area contributed by atoms with Crippen LogP contribution in [0.2, 0.25) is 0 Å². The average Bonchev–Trinajstić information content (AvgIpc) is 2.87. The summed E-state index contributed by atoms with van der Waals surface area (Å²) in [5, 5.41) is 6.29. The van der Waals surface area contributed by atoms with Crippen LogP contribution in [0.15, 0.2) is 48.7 Å². The molecule has 0 spiro atoms. The van der Waals surface area contributed by atoms with Gasteiger partial charge in [0, 0.05) is 49.5 Å². The maximum absolute atomic E-state index is 11.7. The van der Waals surface area contributed by atoms with E-state index in [2.05, 4.69) is 34.4 Å². The van der Waals surface area contributed by atoms with Crippen molar-refractivity contribution in [3.05, 3.63) is 48.7 Å². The van der Waals surface area contributed by atoms with Crippen molar-refractivity contribution in [1.29, 1.82) is 0 Å². The molecule has 2 heterocycles. The number of hydrogen-bond donors (Lipinski definition) is 2. The number of carbonyl (C=O) groups excluding carboxylic acids is 1. The van der Waals surface area contributed by atoms with Gasteiger partial charge in [0.1, 0.15) is 11.5 Å². The molecule has 2 N–H and O–H groups in total. The first-order chi connectivity index (χ1) is 17.9. The number of carbonyl (C=O) groups is 1. The molecule has 9 nitrogen and oxygen atoms in total. The minimum absolute atomic E-state index is 0.244. The van der Waals surface area contributed by atoms with Crippen molar-refractivity contribution in [3.8, 4) is 23.0 Å². The molecular formula is C28H36N4O5. The summed E-state index contributed by atoms with van der Waals surface area (Å²) >= 11 is 0.